The molecule has 0 spiro atoms. The van der Waals surface area contributed by atoms with Crippen LogP contribution in [0.3, 0.4) is 0 Å². The SMILES string of the molecule is CCOCN(C(=O)CCl)c1c(CC)ccc2c1CCC2. The quantitative estimate of drug-likeness (QED) is 0.595. The van der Waals surface area contributed by atoms with Crippen molar-refractivity contribution in [3.63, 3.8) is 0 Å². The van der Waals surface area contributed by atoms with Crippen LogP contribution in [0.1, 0.15) is 37.0 Å². The van der Waals surface area contributed by atoms with Gasteiger partial charge in [0.05, 0.1) is 5.69 Å². The van der Waals surface area contributed by atoms with E-state index in [0.717, 1.165) is 31.4 Å². The van der Waals surface area contributed by atoms with E-state index < -0.39 is 0 Å². The Hall–Kier alpha value is -1.06. The average molecular weight is 296 g/mol. The lowest BCUT2D eigenvalue weighted by Crippen LogP contribution is -2.35. The topological polar surface area (TPSA) is 29.5 Å². The first-order valence-corrected chi connectivity index (χ1v) is 7.84. The summed E-state index contributed by atoms with van der Waals surface area (Å²) in [7, 11) is 0. The second kappa shape index (κ2) is 7.09. The number of ether oxygens (including phenoxy) is 1. The number of fused-ring (bicyclic) bond motifs is 1. The maximum absolute atomic E-state index is 12.2. The molecule has 0 aromatic heterocycles. The van der Waals surface area contributed by atoms with Crippen LogP contribution in [0.15, 0.2) is 12.1 Å². The van der Waals surface area contributed by atoms with Crippen LogP contribution in [0.5, 0.6) is 0 Å². The Morgan fingerprint density at radius 2 is 2.15 bits per heavy atom. The van der Waals surface area contributed by atoms with Gasteiger partial charge >= 0.3 is 0 Å². The second-order valence-corrected chi connectivity index (χ2v) is 5.26. The molecule has 0 saturated carbocycles. The van der Waals surface area contributed by atoms with E-state index in [-0.39, 0.29) is 18.5 Å². The third-order valence-corrected chi connectivity index (χ3v) is 4.06. The number of benzene rings is 1. The Bertz CT molecular complexity index is 488. The van der Waals surface area contributed by atoms with Gasteiger partial charge in [0, 0.05) is 6.61 Å². The summed E-state index contributed by atoms with van der Waals surface area (Å²) < 4.78 is 5.48. The van der Waals surface area contributed by atoms with Gasteiger partial charge in [-0.25, -0.2) is 0 Å². The average Bonchev–Trinajstić information content (AvgIpc) is 2.95. The van der Waals surface area contributed by atoms with Crippen molar-refractivity contribution in [2.45, 2.75) is 39.5 Å². The molecule has 0 N–H and O–H groups in total. The Morgan fingerprint density at radius 1 is 1.35 bits per heavy atom. The van der Waals surface area contributed by atoms with Crippen LogP contribution in [0.25, 0.3) is 0 Å². The zero-order valence-electron chi connectivity index (χ0n) is 12.2. The molecule has 1 aromatic rings. The number of hydrogen-bond donors (Lipinski definition) is 0. The minimum atomic E-state index is -0.0879. The Labute approximate surface area is 125 Å². The summed E-state index contributed by atoms with van der Waals surface area (Å²) in [5, 5.41) is 0. The lowest BCUT2D eigenvalue weighted by Gasteiger charge is -2.27. The Balaban J connectivity index is 2.45. The fourth-order valence-corrected chi connectivity index (χ4v) is 2.98. The molecule has 20 heavy (non-hydrogen) atoms. The summed E-state index contributed by atoms with van der Waals surface area (Å²) in [4.78, 5) is 13.9. The fourth-order valence-electron chi connectivity index (χ4n) is 2.83. The highest BCUT2D eigenvalue weighted by Crippen LogP contribution is 2.35. The molecule has 110 valence electrons. The van der Waals surface area contributed by atoms with Gasteiger partial charge in [0.25, 0.3) is 0 Å². The first kappa shape index (κ1) is 15.3. The number of amides is 1. The third kappa shape index (κ3) is 2.99. The van der Waals surface area contributed by atoms with Gasteiger partial charge in [-0.15, -0.1) is 11.6 Å². The number of anilines is 1. The third-order valence-electron chi connectivity index (χ3n) is 3.83. The highest BCUT2D eigenvalue weighted by Gasteiger charge is 2.25. The second-order valence-electron chi connectivity index (χ2n) is 5.00. The van der Waals surface area contributed by atoms with E-state index in [9.17, 15) is 4.79 Å². The maximum atomic E-state index is 12.2. The van der Waals surface area contributed by atoms with Crippen molar-refractivity contribution in [1.82, 2.24) is 0 Å². The molecule has 1 aromatic carbocycles. The molecule has 0 atom stereocenters. The van der Waals surface area contributed by atoms with Crippen molar-refractivity contribution in [2.75, 3.05) is 24.1 Å². The Morgan fingerprint density at radius 3 is 2.80 bits per heavy atom. The van der Waals surface area contributed by atoms with Crippen LogP contribution in [0, 0.1) is 0 Å². The zero-order valence-corrected chi connectivity index (χ0v) is 13.0. The lowest BCUT2D eigenvalue weighted by atomic mass is 10.00. The first-order valence-electron chi connectivity index (χ1n) is 7.30. The largest absolute Gasteiger partial charge is 0.361 e. The van der Waals surface area contributed by atoms with Crippen LogP contribution < -0.4 is 4.90 Å². The van der Waals surface area contributed by atoms with E-state index in [0.29, 0.717) is 6.61 Å². The summed E-state index contributed by atoms with van der Waals surface area (Å²) in [5.41, 5.74) is 4.91. The normalized spacial score (nSPS) is 13.3. The van der Waals surface area contributed by atoms with E-state index in [2.05, 4.69) is 19.1 Å². The highest BCUT2D eigenvalue weighted by atomic mass is 35.5. The molecule has 0 saturated heterocycles. The van der Waals surface area contributed by atoms with Crippen LogP contribution in [0.2, 0.25) is 0 Å². The number of nitrogens with zero attached hydrogens (tertiary/aromatic N) is 1. The predicted molar refractivity (Wildman–Crippen MR) is 82.5 cm³/mol. The van der Waals surface area contributed by atoms with Crippen molar-refractivity contribution in [3.05, 3.63) is 28.8 Å². The molecular formula is C16H22ClNO2. The van der Waals surface area contributed by atoms with Gasteiger partial charge in [-0.1, -0.05) is 19.1 Å². The number of hydrogen-bond acceptors (Lipinski definition) is 2. The van der Waals surface area contributed by atoms with Gasteiger partial charge < -0.3 is 4.74 Å². The van der Waals surface area contributed by atoms with E-state index in [1.165, 1.54) is 16.7 Å². The number of rotatable bonds is 6. The van der Waals surface area contributed by atoms with Crippen molar-refractivity contribution in [2.24, 2.45) is 0 Å². The van der Waals surface area contributed by atoms with Crippen molar-refractivity contribution in [3.8, 4) is 0 Å². The van der Waals surface area contributed by atoms with Crippen molar-refractivity contribution >= 4 is 23.2 Å². The van der Waals surface area contributed by atoms with E-state index in [4.69, 9.17) is 16.3 Å². The minimum absolute atomic E-state index is 0.0140. The van der Waals surface area contributed by atoms with Gasteiger partial charge in [0.15, 0.2) is 0 Å². The van der Waals surface area contributed by atoms with E-state index in [1.54, 1.807) is 4.90 Å². The summed E-state index contributed by atoms with van der Waals surface area (Å²) in [6.45, 7) is 4.91. The minimum Gasteiger partial charge on any atom is -0.361 e. The molecule has 0 aliphatic heterocycles. The molecule has 1 amide bonds. The molecule has 2 rings (SSSR count). The molecule has 3 nitrogen and oxygen atoms in total. The summed E-state index contributed by atoms with van der Waals surface area (Å²) >= 11 is 5.78. The molecule has 0 radical (unpaired) electrons. The van der Waals surface area contributed by atoms with Crippen LogP contribution in [-0.4, -0.2) is 25.1 Å². The van der Waals surface area contributed by atoms with Gasteiger partial charge in [-0.2, -0.15) is 0 Å². The standard InChI is InChI=1S/C16H22ClNO2/c1-3-12-8-9-13-6-5-7-14(13)16(12)18(11-20-4-2)15(19)10-17/h8-9H,3-7,10-11H2,1-2H3. The highest BCUT2D eigenvalue weighted by molar-refractivity contribution is 6.29. The van der Waals surface area contributed by atoms with Gasteiger partial charge in [-0.3, -0.25) is 9.69 Å². The Kier molecular flexibility index (Phi) is 5.44. The fraction of sp³-hybridized carbons (Fsp3) is 0.562. The van der Waals surface area contributed by atoms with E-state index >= 15 is 0 Å². The summed E-state index contributed by atoms with van der Waals surface area (Å²) in [5.74, 6) is -0.102. The van der Waals surface area contributed by atoms with Crippen molar-refractivity contribution in [1.29, 1.82) is 0 Å². The summed E-state index contributed by atoms with van der Waals surface area (Å²) in [6, 6.07) is 4.34. The van der Waals surface area contributed by atoms with Crippen LogP contribution >= 0.6 is 11.6 Å². The maximum Gasteiger partial charge on any atom is 0.243 e. The summed E-state index contributed by atoms with van der Waals surface area (Å²) in [6.07, 6.45) is 4.20. The first-order chi connectivity index (χ1) is 9.72. The molecule has 0 bridgehead atoms. The molecule has 4 heteroatoms. The smallest absolute Gasteiger partial charge is 0.243 e. The molecular weight excluding hydrogens is 274 g/mol. The van der Waals surface area contributed by atoms with Gasteiger partial charge in [0.2, 0.25) is 5.91 Å². The zero-order chi connectivity index (χ0) is 14.5. The molecule has 0 fully saturated rings. The number of carbonyl (C=O) groups excluding carboxylic acids is 1. The van der Waals surface area contributed by atoms with Gasteiger partial charge in [0.1, 0.15) is 12.6 Å². The van der Waals surface area contributed by atoms with Crippen LogP contribution in [0.4, 0.5) is 5.69 Å². The number of carbonyl (C=O) groups is 1. The monoisotopic (exact) mass is 295 g/mol. The van der Waals surface area contributed by atoms with Crippen molar-refractivity contribution < 1.29 is 9.53 Å². The molecule has 0 heterocycles. The van der Waals surface area contributed by atoms with Gasteiger partial charge in [-0.05, 0) is 49.3 Å². The van der Waals surface area contributed by atoms with E-state index in [1.807, 2.05) is 6.92 Å². The molecule has 0 unspecified atom stereocenters. The molecule has 1 aliphatic carbocycles. The molecule has 1 aliphatic rings. The van der Waals surface area contributed by atoms with Crippen LogP contribution in [-0.2, 0) is 28.8 Å². The number of aryl methyl sites for hydroxylation is 2. The lowest BCUT2D eigenvalue weighted by molar-refractivity contribution is -0.117. The predicted octanol–water partition coefficient (Wildman–Crippen LogP) is 3.30. The number of alkyl halides is 1. The number of halogens is 1.